The predicted molar refractivity (Wildman–Crippen MR) is 73.1 cm³/mol. The number of aromatic amines is 1. The van der Waals surface area contributed by atoms with Gasteiger partial charge in [-0.3, -0.25) is 19.4 Å². The monoisotopic (exact) mass is 266 g/mol. The van der Waals surface area contributed by atoms with Crippen molar-refractivity contribution in [2.75, 3.05) is 5.43 Å². The molecule has 0 spiro atoms. The fourth-order valence-electron chi connectivity index (χ4n) is 2.06. The SMILES string of the molecule is CCC(C)n1c(=O)n(CC)c(=O)c2[nH]c(NN)nc21. The second kappa shape index (κ2) is 4.88. The first-order valence-electron chi connectivity index (χ1n) is 6.26. The summed E-state index contributed by atoms with van der Waals surface area (Å²) in [5, 5.41) is 0. The summed E-state index contributed by atoms with van der Waals surface area (Å²) < 4.78 is 2.71. The second-order valence-electron chi connectivity index (χ2n) is 4.39. The highest BCUT2D eigenvalue weighted by molar-refractivity contribution is 5.72. The summed E-state index contributed by atoms with van der Waals surface area (Å²) in [6.45, 7) is 5.96. The summed E-state index contributed by atoms with van der Waals surface area (Å²) in [6, 6.07) is -0.0534. The zero-order valence-electron chi connectivity index (χ0n) is 11.2. The van der Waals surface area contributed by atoms with E-state index < -0.39 is 0 Å². The first kappa shape index (κ1) is 13.3. The Bertz CT molecular complexity index is 710. The maximum atomic E-state index is 12.4. The molecule has 0 aromatic carbocycles. The Morgan fingerprint density at radius 3 is 2.63 bits per heavy atom. The third-order valence-corrected chi connectivity index (χ3v) is 3.29. The number of H-pyrrole nitrogens is 1. The van der Waals surface area contributed by atoms with Gasteiger partial charge in [0.05, 0.1) is 0 Å². The lowest BCUT2D eigenvalue weighted by molar-refractivity contribution is 0.489. The van der Waals surface area contributed by atoms with E-state index in [1.54, 1.807) is 6.92 Å². The number of aromatic nitrogens is 4. The molecule has 0 amide bonds. The molecule has 0 saturated carbocycles. The van der Waals surface area contributed by atoms with Crippen molar-refractivity contribution in [2.24, 2.45) is 5.84 Å². The van der Waals surface area contributed by atoms with Crippen molar-refractivity contribution >= 4 is 17.1 Å². The molecule has 8 nitrogen and oxygen atoms in total. The molecule has 19 heavy (non-hydrogen) atoms. The molecule has 8 heteroatoms. The van der Waals surface area contributed by atoms with Crippen molar-refractivity contribution < 1.29 is 0 Å². The van der Waals surface area contributed by atoms with E-state index in [2.05, 4.69) is 15.4 Å². The van der Waals surface area contributed by atoms with Crippen LogP contribution in [0.4, 0.5) is 5.95 Å². The summed E-state index contributed by atoms with van der Waals surface area (Å²) in [6.07, 6.45) is 0.759. The van der Waals surface area contributed by atoms with Gasteiger partial charge < -0.3 is 4.98 Å². The zero-order chi connectivity index (χ0) is 14.2. The number of hydrogen-bond donors (Lipinski definition) is 3. The van der Waals surface area contributed by atoms with Crippen LogP contribution >= 0.6 is 0 Å². The van der Waals surface area contributed by atoms with Crippen molar-refractivity contribution in [1.29, 1.82) is 0 Å². The Balaban J connectivity index is 2.95. The second-order valence-corrected chi connectivity index (χ2v) is 4.39. The van der Waals surface area contributed by atoms with Crippen molar-refractivity contribution in [3.63, 3.8) is 0 Å². The molecule has 0 radical (unpaired) electrons. The Labute approximate surface area is 109 Å². The lowest BCUT2D eigenvalue weighted by atomic mass is 10.2. The van der Waals surface area contributed by atoms with E-state index in [4.69, 9.17) is 5.84 Å². The van der Waals surface area contributed by atoms with E-state index in [1.807, 2.05) is 13.8 Å². The zero-order valence-corrected chi connectivity index (χ0v) is 11.2. The topological polar surface area (TPSA) is 111 Å². The number of rotatable bonds is 4. The van der Waals surface area contributed by atoms with Crippen molar-refractivity contribution in [3.8, 4) is 0 Å². The van der Waals surface area contributed by atoms with E-state index in [0.29, 0.717) is 12.2 Å². The minimum atomic E-state index is -0.379. The Morgan fingerprint density at radius 1 is 1.42 bits per heavy atom. The molecule has 104 valence electrons. The molecule has 0 fully saturated rings. The van der Waals surface area contributed by atoms with E-state index >= 15 is 0 Å². The summed E-state index contributed by atoms with van der Waals surface area (Å²) in [5.41, 5.74) is 2.25. The Kier molecular flexibility index (Phi) is 3.43. The third-order valence-electron chi connectivity index (χ3n) is 3.29. The van der Waals surface area contributed by atoms with E-state index in [-0.39, 0.29) is 28.8 Å². The minimum Gasteiger partial charge on any atom is -0.317 e. The summed E-state index contributed by atoms with van der Waals surface area (Å²) in [7, 11) is 0. The van der Waals surface area contributed by atoms with Gasteiger partial charge in [0.2, 0.25) is 5.95 Å². The van der Waals surface area contributed by atoms with Crippen molar-refractivity contribution in [1.82, 2.24) is 19.1 Å². The van der Waals surface area contributed by atoms with Crippen LogP contribution in [-0.2, 0) is 6.54 Å². The average Bonchev–Trinajstić information content (AvgIpc) is 2.83. The summed E-state index contributed by atoms with van der Waals surface area (Å²) in [5.74, 6) is 5.55. The molecule has 0 aliphatic heterocycles. The minimum absolute atomic E-state index is 0.0534. The number of nitrogen functional groups attached to an aromatic ring is 1. The first-order valence-corrected chi connectivity index (χ1v) is 6.26. The number of nitrogens with zero attached hydrogens (tertiary/aromatic N) is 3. The molecule has 0 aliphatic carbocycles. The van der Waals surface area contributed by atoms with E-state index in [0.717, 1.165) is 6.42 Å². The van der Waals surface area contributed by atoms with Crippen molar-refractivity contribution in [2.45, 2.75) is 39.8 Å². The molecule has 2 rings (SSSR count). The smallest absolute Gasteiger partial charge is 0.317 e. The van der Waals surface area contributed by atoms with Gasteiger partial charge in [0.25, 0.3) is 5.56 Å². The van der Waals surface area contributed by atoms with Gasteiger partial charge in [0.15, 0.2) is 11.2 Å². The predicted octanol–water partition coefficient (Wildman–Crippen LogP) is 0.163. The van der Waals surface area contributed by atoms with Crippen LogP contribution in [0.5, 0.6) is 0 Å². The highest BCUT2D eigenvalue weighted by Crippen LogP contribution is 2.15. The van der Waals surface area contributed by atoms with Gasteiger partial charge in [-0.25, -0.2) is 10.6 Å². The third kappa shape index (κ3) is 1.93. The Morgan fingerprint density at radius 2 is 2.11 bits per heavy atom. The quantitative estimate of drug-likeness (QED) is 0.539. The standard InChI is InChI=1S/C11H18N6O2/c1-4-6(3)17-8-7(13-10(14-8)15-12)9(18)16(5-2)11(17)19/h6H,4-5,12H2,1-3H3,(H2,13,14,15). The normalized spacial score (nSPS) is 12.8. The number of nitrogens with one attached hydrogen (secondary N) is 2. The number of fused-ring (bicyclic) bond motifs is 1. The highest BCUT2D eigenvalue weighted by atomic mass is 16.2. The van der Waals surface area contributed by atoms with Crippen LogP contribution in [0, 0.1) is 0 Å². The number of nitrogens with two attached hydrogens (primary N) is 1. The first-order chi connectivity index (χ1) is 9.04. The molecule has 4 N–H and O–H groups in total. The summed E-state index contributed by atoms with van der Waals surface area (Å²) in [4.78, 5) is 31.5. The lowest BCUT2D eigenvalue weighted by Gasteiger charge is -2.15. The molecule has 0 aliphatic rings. The fourth-order valence-corrected chi connectivity index (χ4v) is 2.06. The van der Waals surface area contributed by atoms with Gasteiger partial charge in [0, 0.05) is 12.6 Å². The molecule has 0 bridgehead atoms. The van der Waals surface area contributed by atoms with Crippen LogP contribution in [-0.4, -0.2) is 19.1 Å². The highest BCUT2D eigenvalue weighted by Gasteiger charge is 2.18. The lowest BCUT2D eigenvalue weighted by Crippen LogP contribution is -2.40. The van der Waals surface area contributed by atoms with Crippen LogP contribution in [0.15, 0.2) is 9.59 Å². The van der Waals surface area contributed by atoms with Crippen LogP contribution in [0.2, 0.25) is 0 Å². The summed E-state index contributed by atoms with van der Waals surface area (Å²) >= 11 is 0. The molecule has 2 heterocycles. The fraction of sp³-hybridized carbons (Fsp3) is 0.545. The molecular formula is C11H18N6O2. The van der Waals surface area contributed by atoms with Crippen LogP contribution in [0.25, 0.3) is 11.2 Å². The number of anilines is 1. The molecule has 0 saturated heterocycles. The molecule has 2 aromatic rings. The Hall–Kier alpha value is -2.09. The number of hydrogen-bond acceptors (Lipinski definition) is 5. The largest absolute Gasteiger partial charge is 0.332 e. The molecule has 2 aromatic heterocycles. The number of hydrazine groups is 1. The van der Waals surface area contributed by atoms with Gasteiger partial charge in [-0.15, -0.1) is 0 Å². The maximum absolute atomic E-state index is 12.4. The van der Waals surface area contributed by atoms with Gasteiger partial charge in [-0.2, -0.15) is 4.98 Å². The van der Waals surface area contributed by atoms with Crippen LogP contribution in [0.1, 0.15) is 33.2 Å². The van der Waals surface area contributed by atoms with Crippen molar-refractivity contribution in [3.05, 3.63) is 20.8 Å². The molecule has 1 unspecified atom stereocenters. The van der Waals surface area contributed by atoms with Crippen LogP contribution in [0.3, 0.4) is 0 Å². The van der Waals surface area contributed by atoms with Gasteiger partial charge in [0.1, 0.15) is 0 Å². The van der Waals surface area contributed by atoms with Gasteiger partial charge in [-0.05, 0) is 20.3 Å². The van der Waals surface area contributed by atoms with Crippen LogP contribution < -0.4 is 22.5 Å². The molecular weight excluding hydrogens is 248 g/mol. The van der Waals surface area contributed by atoms with Gasteiger partial charge in [-0.1, -0.05) is 6.92 Å². The maximum Gasteiger partial charge on any atom is 0.332 e. The molecule has 1 atom stereocenters. The average molecular weight is 266 g/mol. The van der Waals surface area contributed by atoms with E-state index in [1.165, 1.54) is 9.13 Å². The number of imidazole rings is 1. The van der Waals surface area contributed by atoms with Gasteiger partial charge >= 0.3 is 5.69 Å². The van der Waals surface area contributed by atoms with E-state index in [9.17, 15) is 9.59 Å².